The fraction of sp³-hybridized carbons (Fsp3) is 0.762. The maximum Gasteiger partial charge on any atom is 0.329 e. The fourth-order valence-electron chi connectivity index (χ4n) is 19.2. The standard InChI is InChI=1S/C37H61N5O9.C35H55N5O7.C33H53N5O7/c1-19(2)26(33(48)50-20(3)4)40-34(49)41-29(35(5,6)7)32(47)42-18-22-25(37(22,11)12)27(42)30(45)39-23(17-21-13-14-21)28(44)31(46)38-16-15-24(43)51-36(8,9)10;1-14-16-17-21(24(41)28(43)36-18-15-2)37-27(42)23-22-20(35(22,12)13)19-40(23)29(44)25(32(3,4)5)38-31(46)39-26(33(6,7)8)30(45)47-34(9,10)11;1-10-12-21(25(39)28(41)34-15-11-2)35-27(40)24-22-20(33(22,8)9)16-38(24)29(42)26(32(5,6)7)37-31(44)36-23(18(3)4)30(43)45-17-19-13-14-19/h19-23,25-27,29H,13-18H2,1-12H3,(H,38,46)(H,39,45)(H2,40,41,49);1,15,20-23,25-26H,2,16-19H2,3-13H3,(H,36,43)(H,37,42)(H2,38,39,46);11,18-24,26H,2,10,12-17H2,1,3-9H3,(H,34,41)(H,35,40)(H2,36,37,44)/t22-,23-,25-,26-,27-,29+;20-,21-,22-,23-,25+,26+;20-,21?,22-,23-,24-,26+/m000/s1. The largest absolute Gasteiger partial charge is 0.464 e. The second kappa shape index (κ2) is 48.3. The van der Waals surface area contributed by atoms with Crippen LogP contribution in [0, 0.1) is 109 Å². The summed E-state index contributed by atoms with van der Waals surface area (Å²) >= 11 is 0. The number of carbonyl (C=O) groups is 19. The van der Waals surface area contributed by atoms with Gasteiger partial charge in [0.2, 0.25) is 52.8 Å². The second-order valence-corrected chi connectivity index (χ2v) is 48.8. The molecule has 18 atom stereocenters. The Kier molecular flexibility index (Phi) is 40.8. The Bertz CT molecular complexity index is 4750. The van der Waals surface area contributed by atoms with Crippen molar-refractivity contribution in [2.24, 2.45) is 97.1 Å². The molecule has 8 aliphatic rings. The molecule has 8 rings (SSSR count). The molecule has 3 aliphatic heterocycles. The summed E-state index contributed by atoms with van der Waals surface area (Å²) in [4.78, 5) is 257. The molecule has 15 amide bonds. The van der Waals surface area contributed by atoms with Crippen molar-refractivity contribution in [1.29, 1.82) is 0 Å². The molecule has 0 aromatic rings. The average Bonchev–Trinajstić information content (AvgIpc) is 1.53. The smallest absolute Gasteiger partial charge is 0.329 e. The highest BCUT2D eigenvalue weighted by Crippen LogP contribution is 2.67. The first-order chi connectivity index (χ1) is 65.7. The van der Waals surface area contributed by atoms with Gasteiger partial charge in [-0.15, -0.1) is 25.5 Å². The van der Waals surface area contributed by atoms with Crippen LogP contribution < -0.4 is 63.8 Å². The number of Topliss-reactive ketones (excluding diaryl/α,β-unsaturated/α-hetero) is 3. The summed E-state index contributed by atoms with van der Waals surface area (Å²) in [7, 11) is 0. The van der Waals surface area contributed by atoms with E-state index in [1.165, 1.54) is 26.9 Å². The highest BCUT2D eigenvalue weighted by atomic mass is 16.6. The molecule has 38 heteroatoms. The third-order valence-corrected chi connectivity index (χ3v) is 28.0. The molecule has 0 radical (unpaired) electrons. The van der Waals surface area contributed by atoms with E-state index in [1.807, 2.05) is 69.2 Å². The first kappa shape index (κ1) is 121. The van der Waals surface area contributed by atoms with Crippen LogP contribution in [0.15, 0.2) is 25.3 Å². The van der Waals surface area contributed by atoms with Crippen molar-refractivity contribution in [1.82, 2.24) is 78.5 Å². The van der Waals surface area contributed by atoms with Gasteiger partial charge in [-0.05, 0) is 185 Å². The number of hydrogen-bond acceptors (Lipinski definition) is 23. The first-order valence-electron chi connectivity index (χ1n) is 50.6. The maximum absolute atomic E-state index is 14.3. The van der Waals surface area contributed by atoms with E-state index in [-0.39, 0.29) is 140 Å². The molecule has 0 spiro atoms. The molecule has 38 nitrogen and oxygen atoms in total. The Hall–Kier alpha value is -11.0. The molecule has 8 fully saturated rings. The highest BCUT2D eigenvalue weighted by Gasteiger charge is 2.73. The van der Waals surface area contributed by atoms with Crippen molar-refractivity contribution in [3.63, 3.8) is 0 Å². The summed E-state index contributed by atoms with van der Waals surface area (Å²) in [5.41, 5.74) is -5.17. The summed E-state index contributed by atoms with van der Waals surface area (Å²) in [5.74, 6) is -8.16. The predicted molar refractivity (Wildman–Crippen MR) is 536 cm³/mol. The fourth-order valence-corrected chi connectivity index (χ4v) is 19.2. The van der Waals surface area contributed by atoms with Crippen LogP contribution in [0.2, 0.25) is 0 Å². The van der Waals surface area contributed by atoms with Crippen molar-refractivity contribution in [2.45, 2.75) is 369 Å². The van der Waals surface area contributed by atoms with Crippen molar-refractivity contribution in [3.05, 3.63) is 25.3 Å². The van der Waals surface area contributed by atoms with E-state index in [2.05, 4.69) is 82.9 Å². The van der Waals surface area contributed by atoms with E-state index in [9.17, 15) is 91.1 Å². The molecule has 3 saturated heterocycles. The first-order valence-corrected chi connectivity index (χ1v) is 50.6. The molecule has 1 unspecified atom stereocenters. The molecule has 5 aliphatic carbocycles. The third kappa shape index (κ3) is 33.0. The normalized spacial score (nSPS) is 22.7. The molecule has 0 aromatic heterocycles. The highest BCUT2D eigenvalue weighted by molar-refractivity contribution is 6.39. The molecule has 0 aromatic carbocycles. The van der Waals surface area contributed by atoms with Gasteiger partial charge in [0, 0.05) is 45.7 Å². The monoisotopic (exact) mass is 2010 g/mol. The van der Waals surface area contributed by atoms with Gasteiger partial charge in [0.25, 0.3) is 17.7 Å². The molecular formula is C105H169N15O23. The zero-order valence-corrected chi connectivity index (χ0v) is 90.7. The minimum atomic E-state index is -1.19. The van der Waals surface area contributed by atoms with Crippen LogP contribution in [0.25, 0.3) is 0 Å². The van der Waals surface area contributed by atoms with E-state index in [1.54, 1.807) is 145 Å². The van der Waals surface area contributed by atoms with Crippen molar-refractivity contribution in [3.8, 4) is 12.3 Å². The number of hydrogen-bond donors (Lipinski definition) is 12. The third-order valence-electron chi connectivity index (χ3n) is 28.0. The van der Waals surface area contributed by atoms with Crippen molar-refractivity contribution in [2.75, 3.05) is 45.9 Å². The van der Waals surface area contributed by atoms with E-state index in [0.29, 0.717) is 25.5 Å². The van der Waals surface area contributed by atoms with Crippen LogP contribution >= 0.6 is 0 Å². The number of terminal acetylenes is 1. The number of likely N-dealkylation sites (tertiary alicyclic amines) is 3. The van der Waals surface area contributed by atoms with Crippen LogP contribution in [0.4, 0.5) is 14.4 Å². The minimum absolute atomic E-state index is 0.0184. The lowest BCUT2D eigenvalue weighted by Gasteiger charge is -2.38. The summed E-state index contributed by atoms with van der Waals surface area (Å²) in [6.45, 7) is 64.9. The van der Waals surface area contributed by atoms with E-state index < -0.39 is 218 Å². The van der Waals surface area contributed by atoms with E-state index >= 15 is 0 Å². The lowest BCUT2D eigenvalue weighted by molar-refractivity contribution is -0.160. The maximum atomic E-state index is 14.3. The van der Waals surface area contributed by atoms with Gasteiger partial charge in [-0.1, -0.05) is 191 Å². The number of piperidine rings is 3. The van der Waals surface area contributed by atoms with E-state index in [4.69, 9.17) is 25.4 Å². The molecule has 3 heterocycles. The molecular weight excluding hydrogens is 1840 g/mol. The summed E-state index contributed by atoms with van der Waals surface area (Å²) in [5, 5.41) is 32.0. The van der Waals surface area contributed by atoms with Gasteiger partial charge in [0.1, 0.15) is 65.6 Å². The van der Waals surface area contributed by atoms with E-state index in [0.717, 1.165) is 25.7 Å². The Labute approximate surface area is 846 Å². The van der Waals surface area contributed by atoms with Gasteiger partial charge in [-0.2, -0.15) is 0 Å². The lowest BCUT2D eigenvalue weighted by Crippen LogP contribution is -2.63. The van der Waals surface area contributed by atoms with Crippen molar-refractivity contribution < 1.29 is 110 Å². The number of carbonyl (C=O) groups excluding carboxylic acids is 19. The topological polar surface area (TPSA) is 515 Å². The average molecular weight is 2010 g/mol. The molecule has 802 valence electrons. The van der Waals surface area contributed by atoms with Crippen LogP contribution in [0.5, 0.6) is 0 Å². The molecule has 12 N–H and O–H groups in total. The molecule has 5 saturated carbocycles. The van der Waals surface area contributed by atoms with Gasteiger partial charge >= 0.3 is 42.0 Å². The number of esters is 4. The summed E-state index contributed by atoms with van der Waals surface area (Å²) in [6.07, 6.45) is 12.9. The van der Waals surface area contributed by atoms with Crippen molar-refractivity contribution >= 4 is 112 Å². The Balaban J connectivity index is 0.000000329. The Morgan fingerprint density at radius 3 is 1.07 bits per heavy atom. The van der Waals surface area contributed by atoms with Gasteiger partial charge < -0.3 is 97.4 Å². The summed E-state index contributed by atoms with van der Waals surface area (Å²) in [6, 6.07) is -14.3. The number of fused-ring (bicyclic) bond motifs is 3. The zero-order chi connectivity index (χ0) is 109. The predicted octanol–water partition coefficient (Wildman–Crippen LogP) is 7.89. The number of ketones is 3. The van der Waals surface area contributed by atoms with Crippen LogP contribution in [-0.4, -0.2) is 263 Å². The SMILES string of the molecule is C#CCC[C@H](NC(=O)[C@@H]1[C@@H]2[C@H](CN1C(=O)[C@@H](NC(=O)N[C@H](C(=O)OC(C)(C)C)C(C)(C)C)C(C)(C)C)C2(C)C)C(=O)C(=O)NCC=C.C=CCNC(=O)C(=O)C(CCC)NC(=O)[C@@H]1[C@@H]2[C@H](CN1C(=O)[C@@H](NC(=O)N[C@H](C(=O)OCC1CC1)C(C)C)C(C)(C)C)C2(C)C.CC(C)OC(=O)[C@@H](NC(=O)N[C@H](C(=O)N1C[C@H]2[C@@H]([C@H]1C(=O)N[C@@H](CC1CC1)C(=O)C(=O)NCCC(=O)OC(C)(C)C)C2(C)C)C(C)(C)C)C(C)C. The number of rotatable bonds is 42. The number of nitrogens with zero attached hydrogens (tertiary/aromatic N) is 3. The quantitative estimate of drug-likeness (QED) is 0.00908. The van der Waals surface area contributed by atoms with Gasteiger partial charge in [-0.25, -0.2) is 28.8 Å². The Morgan fingerprint density at radius 1 is 0.420 bits per heavy atom. The van der Waals surface area contributed by atoms with Gasteiger partial charge in [0.05, 0.1) is 37.3 Å². The van der Waals surface area contributed by atoms with Gasteiger partial charge in [0.15, 0.2) is 0 Å². The number of urea groups is 3. The van der Waals surface area contributed by atoms with Crippen LogP contribution in [0.3, 0.4) is 0 Å². The van der Waals surface area contributed by atoms with Crippen LogP contribution in [0.1, 0.15) is 279 Å². The number of nitrogens with one attached hydrogen (secondary N) is 12. The second-order valence-electron chi connectivity index (χ2n) is 48.8. The lowest BCUT2D eigenvalue weighted by atomic mass is 9.85. The number of ether oxygens (including phenoxy) is 4. The minimum Gasteiger partial charge on any atom is -0.464 e. The number of amides is 15. The summed E-state index contributed by atoms with van der Waals surface area (Å²) < 4.78 is 21.5. The van der Waals surface area contributed by atoms with Gasteiger partial charge in [-0.3, -0.25) is 62.3 Å². The Morgan fingerprint density at radius 2 is 0.748 bits per heavy atom. The molecule has 0 bridgehead atoms. The zero-order valence-electron chi connectivity index (χ0n) is 90.7. The van der Waals surface area contributed by atoms with Crippen LogP contribution in [-0.2, 0) is 95.7 Å². The molecule has 143 heavy (non-hydrogen) atoms.